The molecule has 2 aromatic rings. The van der Waals surface area contributed by atoms with Gasteiger partial charge in [0.25, 0.3) is 0 Å². The maximum atomic E-state index is 3.60. The molecule has 17 heavy (non-hydrogen) atoms. The van der Waals surface area contributed by atoms with Gasteiger partial charge < -0.3 is 0 Å². The molecule has 0 bridgehead atoms. The number of benzene rings is 2. The molecule has 0 amide bonds. The number of rotatable bonds is 1. The number of hydrogen-bond acceptors (Lipinski definition) is 0. The predicted molar refractivity (Wildman–Crippen MR) is 90.4 cm³/mol. The van der Waals surface area contributed by atoms with Crippen LogP contribution in [0.15, 0.2) is 52.7 Å². The summed E-state index contributed by atoms with van der Waals surface area (Å²) in [6, 6.07) is 10.3. The molecule has 0 aliphatic carbocycles. The molecule has 2 aromatic carbocycles. The topological polar surface area (TPSA) is 0 Å². The molecule has 5 heteroatoms. The fraction of sp³-hybridized carbons (Fsp3) is 0. The summed E-state index contributed by atoms with van der Waals surface area (Å²) in [5, 5.41) is 0. The molecular formula is C12H5Br5. The molecule has 2 rings (SSSR count). The summed E-state index contributed by atoms with van der Waals surface area (Å²) in [5.41, 5.74) is 2.29. The standard InChI is InChI=1S/C12H5Br5/c13-8-3-1-2-7(11(8)16)6-4-9(14)12(17)10(15)5-6/h1-5H. The molecule has 0 spiro atoms. The average molecular weight is 549 g/mol. The molecule has 0 heterocycles. The minimum atomic E-state index is 1.02. The zero-order valence-corrected chi connectivity index (χ0v) is 16.2. The van der Waals surface area contributed by atoms with Crippen LogP contribution >= 0.6 is 79.6 Å². The van der Waals surface area contributed by atoms with E-state index in [0.717, 1.165) is 33.5 Å². The van der Waals surface area contributed by atoms with E-state index >= 15 is 0 Å². The summed E-state index contributed by atoms with van der Waals surface area (Å²) >= 11 is 17.7. The van der Waals surface area contributed by atoms with Crippen molar-refractivity contribution >= 4 is 79.6 Å². The van der Waals surface area contributed by atoms with Crippen LogP contribution in [0, 0.1) is 0 Å². The zero-order chi connectivity index (χ0) is 12.6. The van der Waals surface area contributed by atoms with Gasteiger partial charge in [0, 0.05) is 22.4 Å². The highest BCUT2D eigenvalue weighted by Gasteiger charge is 2.10. The van der Waals surface area contributed by atoms with Crippen molar-refractivity contribution in [3.8, 4) is 11.1 Å². The molecule has 0 saturated carbocycles. The van der Waals surface area contributed by atoms with Crippen LogP contribution < -0.4 is 0 Å². The van der Waals surface area contributed by atoms with Gasteiger partial charge >= 0.3 is 0 Å². The van der Waals surface area contributed by atoms with Crippen molar-refractivity contribution in [1.82, 2.24) is 0 Å². The monoisotopic (exact) mass is 544 g/mol. The maximum absolute atomic E-state index is 3.60. The summed E-state index contributed by atoms with van der Waals surface area (Å²) in [4.78, 5) is 0. The third-order valence-corrected chi connectivity index (χ3v) is 7.46. The molecule has 0 unspecified atom stereocenters. The van der Waals surface area contributed by atoms with Gasteiger partial charge in [-0.1, -0.05) is 12.1 Å². The molecule has 0 radical (unpaired) electrons. The van der Waals surface area contributed by atoms with E-state index in [-0.39, 0.29) is 0 Å². The largest absolute Gasteiger partial charge is 0.0604 e. The van der Waals surface area contributed by atoms with Gasteiger partial charge in [-0.05, 0) is 109 Å². The van der Waals surface area contributed by atoms with E-state index in [2.05, 4.69) is 97.8 Å². The van der Waals surface area contributed by atoms with Crippen molar-refractivity contribution in [1.29, 1.82) is 0 Å². The smallest absolute Gasteiger partial charge is 0.0459 e. The van der Waals surface area contributed by atoms with Gasteiger partial charge in [-0.15, -0.1) is 0 Å². The fourth-order valence-corrected chi connectivity index (χ4v) is 3.71. The van der Waals surface area contributed by atoms with E-state index in [1.807, 2.05) is 12.1 Å². The minimum absolute atomic E-state index is 1.02. The highest BCUT2D eigenvalue weighted by atomic mass is 79.9. The van der Waals surface area contributed by atoms with Gasteiger partial charge in [0.1, 0.15) is 0 Å². The summed E-state index contributed by atoms with van der Waals surface area (Å²) < 4.78 is 5.17. The second-order valence-corrected chi connectivity index (χ2v) is 7.50. The van der Waals surface area contributed by atoms with Crippen molar-refractivity contribution in [2.75, 3.05) is 0 Å². The quantitative estimate of drug-likeness (QED) is 0.332. The first-order valence-corrected chi connectivity index (χ1v) is 8.56. The molecular weight excluding hydrogens is 544 g/mol. The first kappa shape index (κ1) is 14.3. The van der Waals surface area contributed by atoms with Gasteiger partial charge in [-0.2, -0.15) is 0 Å². The van der Waals surface area contributed by atoms with E-state index in [1.54, 1.807) is 0 Å². The van der Waals surface area contributed by atoms with E-state index in [4.69, 9.17) is 0 Å². The third kappa shape index (κ3) is 3.06. The number of halogens is 5. The Bertz CT molecular complexity index is 554. The maximum Gasteiger partial charge on any atom is 0.0459 e. The van der Waals surface area contributed by atoms with Crippen molar-refractivity contribution in [3.63, 3.8) is 0 Å². The average Bonchev–Trinajstić information content (AvgIpc) is 2.29. The Hall–Kier alpha value is 0.840. The summed E-state index contributed by atoms with van der Waals surface area (Å²) in [6.45, 7) is 0. The van der Waals surface area contributed by atoms with Crippen molar-refractivity contribution in [2.24, 2.45) is 0 Å². The van der Waals surface area contributed by atoms with E-state index in [1.165, 1.54) is 0 Å². The number of hydrogen-bond donors (Lipinski definition) is 0. The first-order valence-electron chi connectivity index (χ1n) is 4.59. The summed E-state index contributed by atoms with van der Waals surface area (Å²) in [5.74, 6) is 0. The van der Waals surface area contributed by atoms with E-state index < -0.39 is 0 Å². The van der Waals surface area contributed by atoms with Gasteiger partial charge in [0.15, 0.2) is 0 Å². The lowest BCUT2D eigenvalue weighted by Crippen LogP contribution is -1.83. The Morgan fingerprint density at radius 3 is 1.82 bits per heavy atom. The van der Waals surface area contributed by atoms with Gasteiger partial charge in [0.2, 0.25) is 0 Å². The Balaban J connectivity index is 2.65. The highest BCUT2D eigenvalue weighted by molar-refractivity contribution is 9.14. The van der Waals surface area contributed by atoms with E-state index in [0.29, 0.717) is 0 Å². The van der Waals surface area contributed by atoms with Crippen LogP contribution in [0.3, 0.4) is 0 Å². The zero-order valence-electron chi connectivity index (χ0n) is 8.28. The van der Waals surface area contributed by atoms with E-state index in [9.17, 15) is 0 Å². The van der Waals surface area contributed by atoms with Crippen LogP contribution in [-0.4, -0.2) is 0 Å². The summed E-state index contributed by atoms with van der Waals surface area (Å²) in [7, 11) is 0. The molecule has 0 fully saturated rings. The molecule has 88 valence electrons. The van der Waals surface area contributed by atoms with Crippen molar-refractivity contribution in [2.45, 2.75) is 0 Å². The second-order valence-electron chi connectivity index (χ2n) is 3.36. The highest BCUT2D eigenvalue weighted by Crippen LogP contribution is 2.39. The molecule has 0 aromatic heterocycles. The van der Waals surface area contributed by atoms with Crippen LogP contribution in [0.4, 0.5) is 0 Å². The molecule has 0 atom stereocenters. The van der Waals surface area contributed by atoms with Crippen molar-refractivity contribution in [3.05, 3.63) is 52.7 Å². The Labute approximate surface area is 142 Å². The molecule has 0 aliphatic rings. The van der Waals surface area contributed by atoms with Gasteiger partial charge in [-0.3, -0.25) is 0 Å². The lowest BCUT2D eigenvalue weighted by atomic mass is 10.1. The molecule has 0 N–H and O–H groups in total. The van der Waals surface area contributed by atoms with Crippen LogP contribution in [0.25, 0.3) is 11.1 Å². The molecule has 0 nitrogen and oxygen atoms in total. The second kappa shape index (κ2) is 5.87. The SMILES string of the molecule is Brc1cc(-c2cccc(Br)c2Br)cc(Br)c1Br. The van der Waals surface area contributed by atoms with Crippen LogP contribution in [-0.2, 0) is 0 Å². The Kier molecular flexibility index (Phi) is 4.92. The molecule has 0 aliphatic heterocycles. The van der Waals surface area contributed by atoms with Crippen LogP contribution in [0.1, 0.15) is 0 Å². The van der Waals surface area contributed by atoms with Crippen LogP contribution in [0.5, 0.6) is 0 Å². The lowest BCUT2D eigenvalue weighted by molar-refractivity contribution is 1.49. The van der Waals surface area contributed by atoms with Crippen molar-refractivity contribution < 1.29 is 0 Å². The predicted octanol–water partition coefficient (Wildman–Crippen LogP) is 7.17. The lowest BCUT2D eigenvalue weighted by Gasteiger charge is -2.09. The Morgan fingerprint density at radius 1 is 0.647 bits per heavy atom. The fourth-order valence-electron chi connectivity index (χ4n) is 1.44. The third-order valence-electron chi connectivity index (χ3n) is 2.25. The first-order chi connectivity index (χ1) is 8.00. The molecule has 0 saturated heterocycles. The minimum Gasteiger partial charge on any atom is -0.0604 e. The van der Waals surface area contributed by atoms with Crippen LogP contribution in [0.2, 0.25) is 0 Å². The normalized spacial score (nSPS) is 10.6. The summed E-state index contributed by atoms with van der Waals surface area (Å²) in [6.07, 6.45) is 0. The Morgan fingerprint density at radius 2 is 1.24 bits per heavy atom. The van der Waals surface area contributed by atoms with Gasteiger partial charge in [-0.25, -0.2) is 0 Å². The van der Waals surface area contributed by atoms with Gasteiger partial charge in [0.05, 0.1) is 0 Å².